The smallest absolute Gasteiger partial charge is 0.276 e. The van der Waals surface area contributed by atoms with Gasteiger partial charge in [0.15, 0.2) is 5.82 Å². The maximum absolute atomic E-state index is 11.5. The molecule has 0 spiro atoms. The second-order valence-corrected chi connectivity index (χ2v) is 5.10. The van der Waals surface area contributed by atoms with Gasteiger partial charge >= 0.3 is 0 Å². The van der Waals surface area contributed by atoms with Crippen LogP contribution in [0, 0.1) is 5.92 Å². The topological polar surface area (TPSA) is 96.3 Å². The summed E-state index contributed by atoms with van der Waals surface area (Å²) < 4.78 is 5.01. The summed E-state index contributed by atoms with van der Waals surface area (Å²) in [6, 6.07) is 0. The molecule has 0 amide bonds. The minimum absolute atomic E-state index is 0.212. The Morgan fingerprint density at radius 2 is 2.30 bits per heavy atom. The average molecular weight is 281 g/mol. The van der Waals surface area contributed by atoms with E-state index >= 15 is 0 Å². The number of rotatable bonds is 6. The van der Waals surface area contributed by atoms with Gasteiger partial charge in [0.05, 0.1) is 12.9 Å². The molecule has 0 radical (unpaired) electrons. The molecule has 7 nitrogen and oxygen atoms in total. The Kier molecular flexibility index (Phi) is 5.37. The zero-order valence-electron chi connectivity index (χ0n) is 11.9. The monoisotopic (exact) mass is 281 g/mol. The van der Waals surface area contributed by atoms with E-state index in [2.05, 4.69) is 20.2 Å². The number of nitrogens with one attached hydrogen (secondary N) is 2. The van der Waals surface area contributed by atoms with Crippen LogP contribution < -0.4 is 21.5 Å². The largest absolute Gasteiger partial charge is 0.391 e. The Balaban J connectivity index is 1.82. The van der Waals surface area contributed by atoms with Crippen molar-refractivity contribution in [3.63, 3.8) is 0 Å². The van der Waals surface area contributed by atoms with Crippen LogP contribution in [0.3, 0.4) is 0 Å². The predicted molar refractivity (Wildman–Crippen MR) is 79.0 cm³/mol. The molecule has 0 saturated carbocycles. The number of methoxy groups -OCH3 is 1. The van der Waals surface area contributed by atoms with E-state index in [0.717, 1.165) is 45.6 Å². The summed E-state index contributed by atoms with van der Waals surface area (Å²) in [5.41, 5.74) is 5.73. The molecule has 112 valence electrons. The summed E-state index contributed by atoms with van der Waals surface area (Å²) in [7, 11) is 1.71. The molecule has 1 aliphatic heterocycles. The highest BCUT2D eigenvalue weighted by atomic mass is 16.5. The van der Waals surface area contributed by atoms with Crippen molar-refractivity contribution in [2.24, 2.45) is 5.92 Å². The molecule has 2 heterocycles. The average Bonchev–Trinajstić information content (AvgIpc) is 2.47. The van der Waals surface area contributed by atoms with Gasteiger partial charge in [-0.3, -0.25) is 4.79 Å². The first-order chi connectivity index (χ1) is 9.72. The second-order valence-electron chi connectivity index (χ2n) is 5.10. The number of nitrogens with two attached hydrogens (primary N) is 1. The number of H-pyrrole nitrogens is 1. The molecule has 7 heteroatoms. The summed E-state index contributed by atoms with van der Waals surface area (Å²) in [4.78, 5) is 20.2. The Morgan fingerprint density at radius 1 is 1.55 bits per heavy atom. The molecule has 1 fully saturated rings. The van der Waals surface area contributed by atoms with E-state index in [1.165, 1.54) is 6.33 Å². The third-order valence-corrected chi connectivity index (χ3v) is 3.70. The van der Waals surface area contributed by atoms with Gasteiger partial charge in [-0.1, -0.05) is 0 Å². The SMILES string of the molecule is COCCNCC1CCN(c2nc[nH]c(=O)c2N)CC1. The highest BCUT2D eigenvalue weighted by Gasteiger charge is 2.21. The fraction of sp³-hybridized carbons (Fsp3) is 0.692. The molecule has 0 bridgehead atoms. The minimum atomic E-state index is -0.265. The van der Waals surface area contributed by atoms with Crippen LogP contribution in [0.2, 0.25) is 0 Å². The predicted octanol–water partition coefficient (Wildman–Crippen LogP) is -0.195. The third-order valence-electron chi connectivity index (χ3n) is 3.70. The normalized spacial score (nSPS) is 16.6. The van der Waals surface area contributed by atoms with Crippen LogP contribution in [-0.4, -0.2) is 49.9 Å². The van der Waals surface area contributed by atoms with Crippen LogP contribution in [0.5, 0.6) is 0 Å². The van der Waals surface area contributed by atoms with E-state index in [0.29, 0.717) is 11.7 Å². The van der Waals surface area contributed by atoms with E-state index in [1.807, 2.05) is 0 Å². The van der Waals surface area contributed by atoms with Crippen molar-refractivity contribution in [3.8, 4) is 0 Å². The molecule has 1 aliphatic rings. The Bertz CT molecular complexity index is 468. The molecule has 4 N–H and O–H groups in total. The first kappa shape index (κ1) is 14.8. The van der Waals surface area contributed by atoms with Gasteiger partial charge < -0.3 is 25.7 Å². The molecule has 0 unspecified atom stereocenters. The van der Waals surface area contributed by atoms with Crippen molar-refractivity contribution in [3.05, 3.63) is 16.7 Å². The lowest BCUT2D eigenvalue weighted by Gasteiger charge is -2.33. The summed E-state index contributed by atoms with van der Waals surface area (Å²) in [6.07, 6.45) is 3.56. The quantitative estimate of drug-likeness (QED) is 0.625. The molecule has 0 aliphatic carbocycles. The number of nitrogens with zero attached hydrogens (tertiary/aromatic N) is 2. The fourth-order valence-electron chi connectivity index (χ4n) is 2.48. The second kappa shape index (κ2) is 7.25. The first-order valence-corrected chi connectivity index (χ1v) is 7.00. The highest BCUT2D eigenvalue weighted by molar-refractivity contribution is 5.60. The fourth-order valence-corrected chi connectivity index (χ4v) is 2.48. The molecular weight excluding hydrogens is 258 g/mol. The zero-order valence-corrected chi connectivity index (χ0v) is 11.9. The van der Waals surface area contributed by atoms with Crippen LogP contribution in [0.15, 0.2) is 11.1 Å². The molecular formula is C13H23N5O2. The van der Waals surface area contributed by atoms with Crippen molar-refractivity contribution in [1.82, 2.24) is 15.3 Å². The highest BCUT2D eigenvalue weighted by Crippen LogP contribution is 2.23. The van der Waals surface area contributed by atoms with Crippen LogP contribution in [0.25, 0.3) is 0 Å². The summed E-state index contributed by atoms with van der Waals surface area (Å²) >= 11 is 0. The van der Waals surface area contributed by atoms with Gasteiger partial charge in [0, 0.05) is 26.7 Å². The van der Waals surface area contributed by atoms with Crippen LogP contribution in [-0.2, 0) is 4.74 Å². The maximum Gasteiger partial charge on any atom is 0.276 e. The zero-order chi connectivity index (χ0) is 14.4. The Morgan fingerprint density at radius 3 is 3.00 bits per heavy atom. The Hall–Kier alpha value is -1.60. The van der Waals surface area contributed by atoms with E-state index in [-0.39, 0.29) is 11.2 Å². The standard InChI is InChI=1S/C13H23N5O2/c1-20-7-4-15-8-10-2-5-18(6-3-10)12-11(14)13(19)17-9-16-12/h9-10,15H,2-8,14H2,1H3,(H,16,17,19). The van der Waals surface area contributed by atoms with E-state index in [1.54, 1.807) is 7.11 Å². The van der Waals surface area contributed by atoms with Crippen molar-refractivity contribution in [2.45, 2.75) is 12.8 Å². The lowest BCUT2D eigenvalue weighted by atomic mass is 9.97. The van der Waals surface area contributed by atoms with E-state index in [4.69, 9.17) is 10.5 Å². The van der Waals surface area contributed by atoms with Crippen molar-refractivity contribution in [1.29, 1.82) is 0 Å². The minimum Gasteiger partial charge on any atom is -0.391 e. The lowest BCUT2D eigenvalue weighted by Crippen LogP contribution is -2.39. The first-order valence-electron chi connectivity index (χ1n) is 7.00. The van der Waals surface area contributed by atoms with Gasteiger partial charge in [0.2, 0.25) is 0 Å². The number of hydrogen-bond donors (Lipinski definition) is 3. The van der Waals surface area contributed by atoms with Crippen LogP contribution in [0.1, 0.15) is 12.8 Å². The lowest BCUT2D eigenvalue weighted by molar-refractivity contribution is 0.197. The van der Waals surface area contributed by atoms with E-state index in [9.17, 15) is 4.79 Å². The number of aromatic amines is 1. The van der Waals surface area contributed by atoms with Gasteiger partial charge in [-0.05, 0) is 25.3 Å². The number of ether oxygens (including phenoxy) is 1. The number of nitrogen functional groups attached to an aromatic ring is 1. The third kappa shape index (κ3) is 3.71. The number of aromatic nitrogens is 2. The molecule has 1 saturated heterocycles. The molecule has 0 atom stereocenters. The number of piperidine rings is 1. The molecule has 0 aromatic carbocycles. The van der Waals surface area contributed by atoms with Gasteiger partial charge in [0.1, 0.15) is 5.69 Å². The Labute approximate surface area is 118 Å². The number of anilines is 2. The van der Waals surface area contributed by atoms with Crippen LogP contribution in [0.4, 0.5) is 11.5 Å². The van der Waals surface area contributed by atoms with Gasteiger partial charge in [-0.15, -0.1) is 0 Å². The van der Waals surface area contributed by atoms with Gasteiger partial charge in [0.25, 0.3) is 5.56 Å². The molecule has 20 heavy (non-hydrogen) atoms. The molecule has 2 rings (SSSR count). The van der Waals surface area contributed by atoms with E-state index < -0.39 is 0 Å². The summed E-state index contributed by atoms with van der Waals surface area (Å²) in [6.45, 7) is 4.41. The van der Waals surface area contributed by atoms with Crippen molar-refractivity contribution >= 4 is 11.5 Å². The number of hydrogen-bond acceptors (Lipinski definition) is 6. The van der Waals surface area contributed by atoms with Gasteiger partial charge in [-0.25, -0.2) is 4.98 Å². The summed E-state index contributed by atoms with van der Waals surface area (Å²) in [5, 5.41) is 3.39. The summed E-state index contributed by atoms with van der Waals surface area (Å²) in [5.74, 6) is 1.27. The molecule has 1 aromatic rings. The van der Waals surface area contributed by atoms with Crippen molar-refractivity contribution in [2.75, 3.05) is 50.5 Å². The van der Waals surface area contributed by atoms with Crippen molar-refractivity contribution < 1.29 is 4.74 Å². The maximum atomic E-state index is 11.5. The van der Waals surface area contributed by atoms with Gasteiger partial charge in [-0.2, -0.15) is 0 Å². The van der Waals surface area contributed by atoms with Crippen LogP contribution >= 0.6 is 0 Å². The molecule has 1 aromatic heterocycles.